The van der Waals surface area contributed by atoms with Crippen molar-refractivity contribution in [1.29, 1.82) is 0 Å². The van der Waals surface area contributed by atoms with Gasteiger partial charge in [0.05, 0.1) is 5.88 Å². The summed E-state index contributed by atoms with van der Waals surface area (Å²) < 4.78 is 0. The highest BCUT2D eigenvalue weighted by Gasteiger charge is 2.03. The lowest BCUT2D eigenvalue weighted by atomic mass is 10.1. The summed E-state index contributed by atoms with van der Waals surface area (Å²) >= 11 is 11.3. The number of H-pyrrole nitrogens is 1. The number of nitrogens with two attached hydrogens (primary N) is 1. The maximum Gasteiger partial charge on any atom is 0.193 e. The fourth-order valence-electron chi connectivity index (χ4n) is 2.09. The number of aryl methyl sites for hydroxylation is 1. The topological polar surface area (TPSA) is 58.9 Å². The summed E-state index contributed by atoms with van der Waals surface area (Å²) in [7, 11) is 0. The minimum Gasteiger partial charge on any atom is -0.361 e. The minimum absolute atomic E-state index is 0.0254. The van der Waals surface area contributed by atoms with Gasteiger partial charge in [0.15, 0.2) is 5.43 Å². The number of rotatable bonds is 2. The highest BCUT2D eigenvalue weighted by molar-refractivity contribution is 6.30. The van der Waals surface area contributed by atoms with Gasteiger partial charge in [-0.05, 0) is 36.8 Å². The van der Waals surface area contributed by atoms with Crippen LogP contribution in [0.2, 0.25) is 5.02 Å². The van der Waals surface area contributed by atoms with Crippen molar-refractivity contribution >= 4 is 34.1 Å². The van der Waals surface area contributed by atoms with Crippen LogP contribution in [0.1, 0.15) is 30.5 Å². The van der Waals surface area contributed by atoms with Crippen molar-refractivity contribution in [2.75, 3.05) is 0 Å². The minimum atomic E-state index is 0.0254. The molecule has 1 heterocycles. The van der Waals surface area contributed by atoms with Gasteiger partial charge in [-0.2, -0.15) is 0 Å². The highest BCUT2D eigenvalue weighted by atomic mass is 35.5. The Balaban J connectivity index is 0.000000246. The Hall–Kier alpha value is -1.81. The molecule has 134 valence electrons. The number of pyridine rings is 1. The molecule has 0 amide bonds. The van der Waals surface area contributed by atoms with Crippen LogP contribution in [0.4, 0.5) is 0 Å². The van der Waals surface area contributed by atoms with Crippen LogP contribution < -0.4 is 11.2 Å². The number of alkyl halides is 1. The van der Waals surface area contributed by atoms with Crippen LogP contribution in [0, 0.1) is 6.92 Å². The maximum absolute atomic E-state index is 11.8. The Morgan fingerprint density at radius 2 is 1.72 bits per heavy atom. The molecule has 2 aromatic carbocycles. The SMILES string of the molecule is CC.Cc1ccc2[nH]cc(CCl)c(=O)c2c1.NCc1ccc(Cl)cc1. The summed E-state index contributed by atoms with van der Waals surface area (Å²) in [6.07, 6.45) is 1.67. The van der Waals surface area contributed by atoms with Crippen molar-refractivity contribution in [1.82, 2.24) is 4.98 Å². The van der Waals surface area contributed by atoms with E-state index in [9.17, 15) is 4.79 Å². The molecule has 25 heavy (non-hydrogen) atoms. The zero-order chi connectivity index (χ0) is 18.8. The van der Waals surface area contributed by atoms with E-state index < -0.39 is 0 Å². The van der Waals surface area contributed by atoms with Crippen LogP contribution in [-0.2, 0) is 12.4 Å². The third kappa shape index (κ3) is 6.20. The van der Waals surface area contributed by atoms with Crippen molar-refractivity contribution in [3.8, 4) is 0 Å². The molecule has 0 saturated heterocycles. The molecule has 3 nitrogen and oxygen atoms in total. The van der Waals surface area contributed by atoms with E-state index >= 15 is 0 Å². The lowest BCUT2D eigenvalue weighted by molar-refractivity contribution is 1.07. The predicted molar refractivity (Wildman–Crippen MR) is 110 cm³/mol. The van der Waals surface area contributed by atoms with E-state index in [-0.39, 0.29) is 11.3 Å². The van der Waals surface area contributed by atoms with Gasteiger partial charge in [0.1, 0.15) is 0 Å². The Morgan fingerprint density at radius 3 is 2.28 bits per heavy atom. The number of aromatic amines is 1. The Labute approximate surface area is 158 Å². The molecule has 0 unspecified atom stereocenters. The van der Waals surface area contributed by atoms with Crippen LogP contribution in [-0.4, -0.2) is 4.98 Å². The molecular formula is C20H24Cl2N2O. The summed E-state index contributed by atoms with van der Waals surface area (Å²) in [5, 5.41) is 1.47. The molecule has 5 heteroatoms. The second-order valence-electron chi connectivity index (χ2n) is 5.16. The molecule has 0 atom stereocenters. The maximum atomic E-state index is 11.8. The molecule has 0 radical (unpaired) electrons. The van der Waals surface area contributed by atoms with Crippen LogP contribution in [0.3, 0.4) is 0 Å². The van der Waals surface area contributed by atoms with Gasteiger partial charge in [0.2, 0.25) is 0 Å². The van der Waals surface area contributed by atoms with Gasteiger partial charge >= 0.3 is 0 Å². The van der Waals surface area contributed by atoms with E-state index in [0.29, 0.717) is 17.5 Å². The van der Waals surface area contributed by atoms with Crippen LogP contribution in [0.5, 0.6) is 0 Å². The van der Waals surface area contributed by atoms with Gasteiger partial charge in [-0.1, -0.05) is 49.2 Å². The summed E-state index contributed by atoms with van der Waals surface area (Å²) in [6.45, 7) is 6.55. The Bertz CT molecular complexity index is 842. The lowest BCUT2D eigenvalue weighted by Crippen LogP contribution is -2.08. The van der Waals surface area contributed by atoms with Gasteiger partial charge in [-0.15, -0.1) is 11.6 Å². The largest absolute Gasteiger partial charge is 0.361 e. The fraction of sp³-hybridized carbons (Fsp3) is 0.250. The molecule has 0 aliphatic carbocycles. The number of hydrogen-bond acceptors (Lipinski definition) is 2. The first-order valence-corrected chi connectivity index (χ1v) is 9.07. The molecule has 0 aliphatic rings. The summed E-state index contributed by atoms with van der Waals surface area (Å²) in [4.78, 5) is 14.9. The molecule has 3 N–H and O–H groups in total. The Morgan fingerprint density at radius 1 is 1.08 bits per heavy atom. The fourth-order valence-corrected chi connectivity index (χ4v) is 2.42. The van der Waals surface area contributed by atoms with Crippen molar-refractivity contribution < 1.29 is 0 Å². The first-order chi connectivity index (χ1) is 12.0. The van der Waals surface area contributed by atoms with E-state index in [1.54, 1.807) is 6.20 Å². The molecular weight excluding hydrogens is 355 g/mol. The van der Waals surface area contributed by atoms with Gasteiger partial charge in [0.25, 0.3) is 0 Å². The summed E-state index contributed by atoms with van der Waals surface area (Å²) in [6, 6.07) is 13.3. The normalized spacial score (nSPS) is 9.68. The molecule has 3 rings (SSSR count). The average molecular weight is 379 g/mol. The van der Waals surface area contributed by atoms with Crippen LogP contribution in [0.15, 0.2) is 53.5 Å². The van der Waals surface area contributed by atoms with Crippen molar-refractivity contribution in [2.24, 2.45) is 5.73 Å². The molecule has 3 aromatic rings. The summed E-state index contributed by atoms with van der Waals surface area (Å²) in [5.74, 6) is 0.249. The monoisotopic (exact) mass is 378 g/mol. The third-order valence-corrected chi connectivity index (χ3v) is 3.95. The average Bonchev–Trinajstić information content (AvgIpc) is 2.65. The molecule has 0 aliphatic heterocycles. The second kappa shape index (κ2) is 10.9. The standard InChI is InChI=1S/C11H10ClNO.C7H8ClN.C2H6/c1-7-2-3-10-9(4-7)11(14)8(5-12)6-13-10;8-7-3-1-6(5-9)2-4-7;1-2/h2-4,6H,5H2,1H3,(H,13,14);1-4H,5,9H2;1-2H3. The molecule has 0 fully saturated rings. The van der Waals surface area contributed by atoms with E-state index in [1.807, 2.05) is 63.2 Å². The highest BCUT2D eigenvalue weighted by Crippen LogP contribution is 2.11. The lowest BCUT2D eigenvalue weighted by Gasteiger charge is -2.01. The summed E-state index contributed by atoms with van der Waals surface area (Å²) in [5.41, 5.74) is 9.04. The van der Waals surface area contributed by atoms with Crippen molar-refractivity contribution in [2.45, 2.75) is 33.2 Å². The van der Waals surface area contributed by atoms with Gasteiger partial charge < -0.3 is 10.7 Å². The first kappa shape index (κ1) is 21.2. The zero-order valence-corrected chi connectivity index (χ0v) is 16.3. The first-order valence-electron chi connectivity index (χ1n) is 8.16. The third-order valence-electron chi connectivity index (χ3n) is 3.41. The van der Waals surface area contributed by atoms with Gasteiger partial charge in [-0.25, -0.2) is 0 Å². The smallest absolute Gasteiger partial charge is 0.193 e. The van der Waals surface area contributed by atoms with E-state index in [2.05, 4.69) is 4.98 Å². The number of hydrogen-bond donors (Lipinski definition) is 2. The zero-order valence-electron chi connectivity index (χ0n) is 14.8. The molecule has 0 bridgehead atoms. The molecule has 1 aromatic heterocycles. The van der Waals surface area contributed by atoms with Gasteiger partial charge in [0, 0.05) is 34.2 Å². The second-order valence-corrected chi connectivity index (χ2v) is 5.86. The number of nitrogens with one attached hydrogen (secondary N) is 1. The molecule has 0 saturated carbocycles. The molecule has 0 spiro atoms. The van der Waals surface area contributed by atoms with Gasteiger partial charge in [-0.3, -0.25) is 4.79 Å². The number of halogens is 2. The number of fused-ring (bicyclic) bond motifs is 1. The van der Waals surface area contributed by atoms with E-state index in [0.717, 1.165) is 21.7 Å². The van der Waals surface area contributed by atoms with Crippen LogP contribution >= 0.6 is 23.2 Å². The van der Waals surface area contributed by atoms with Crippen LogP contribution in [0.25, 0.3) is 10.9 Å². The van der Waals surface area contributed by atoms with E-state index in [4.69, 9.17) is 28.9 Å². The Kier molecular flexibility index (Phi) is 9.28. The van der Waals surface area contributed by atoms with E-state index in [1.165, 1.54) is 0 Å². The number of benzene rings is 2. The van der Waals surface area contributed by atoms with Crippen molar-refractivity contribution in [3.63, 3.8) is 0 Å². The number of aromatic nitrogens is 1. The predicted octanol–water partition coefficient (Wildman–Crippen LogP) is 5.40. The van der Waals surface area contributed by atoms with Crippen molar-refractivity contribution in [3.05, 3.63) is 80.6 Å². The quantitative estimate of drug-likeness (QED) is 0.586.